The molecule has 0 bridgehead atoms. The summed E-state index contributed by atoms with van der Waals surface area (Å²) in [6.07, 6.45) is 5.41. The van der Waals surface area contributed by atoms with Gasteiger partial charge < -0.3 is 4.90 Å². The molecular weight excluding hydrogens is 328 g/mol. The molecule has 7 nitrogen and oxygen atoms in total. The van der Waals surface area contributed by atoms with Gasteiger partial charge in [-0.1, -0.05) is 6.07 Å². The van der Waals surface area contributed by atoms with E-state index in [0.717, 1.165) is 46.9 Å². The number of nitrogens with one attached hydrogen (secondary N) is 2. The van der Waals surface area contributed by atoms with E-state index in [1.165, 1.54) is 0 Å². The second-order valence-electron chi connectivity index (χ2n) is 6.82. The summed E-state index contributed by atoms with van der Waals surface area (Å²) in [4.78, 5) is 19.4. The molecule has 1 aliphatic heterocycles. The third-order valence-electron chi connectivity index (χ3n) is 5.21. The smallest absolute Gasteiger partial charge is 0.255 e. The van der Waals surface area contributed by atoms with Crippen LogP contribution in [0.3, 0.4) is 0 Å². The van der Waals surface area contributed by atoms with Crippen molar-refractivity contribution in [1.29, 1.82) is 0 Å². The second kappa shape index (κ2) is 5.66. The zero-order chi connectivity index (χ0) is 17.7. The lowest BCUT2D eigenvalue weighted by Crippen LogP contribution is -2.30. The minimum Gasteiger partial charge on any atom is -0.332 e. The molecule has 1 fully saturated rings. The van der Waals surface area contributed by atoms with Crippen LogP contribution in [0.15, 0.2) is 36.7 Å². The van der Waals surface area contributed by atoms with E-state index in [1.54, 1.807) is 6.20 Å². The molecule has 26 heavy (non-hydrogen) atoms. The van der Waals surface area contributed by atoms with Crippen molar-refractivity contribution in [3.63, 3.8) is 0 Å². The van der Waals surface area contributed by atoms with Gasteiger partial charge in [-0.15, -0.1) is 0 Å². The Labute approximate surface area is 149 Å². The van der Waals surface area contributed by atoms with E-state index in [4.69, 9.17) is 0 Å². The van der Waals surface area contributed by atoms with Gasteiger partial charge in [0.25, 0.3) is 5.91 Å². The minimum absolute atomic E-state index is 0.0230. The first kappa shape index (κ1) is 15.1. The van der Waals surface area contributed by atoms with Gasteiger partial charge in [-0.05, 0) is 43.5 Å². The van der Waals surface area contributed by atoms with E-state index >= 15 is 0 Å². The Morgan fingerprint density at radius 3 is 3.08 bits per heavy atom. The molecule has 1 atom stereocenters. The number of H-pyrrole nitrogens is 2. The molecule has 0 saturated carbocycles. The van der Waals surface area contributed by atoms with Crippen molar-refractivity contribution in [2.45, 2.75) is 25.8 Å². The van der Waals surface area contributed by atoms with Gasteiger partial charge in [0.05, 0.1) is 23.3 Å². The predicted molar refractivity (Wildman–Crippen MR) is 97.7 cm³/mol. The van der Waals surface area contributed by atoms with Crippen LogP contribution in [-0.4, -0.2) is 42.7 Å². The lowest BCUT2D eigenvalue weighted by Gasteiger charge is -2.25. The molecule has 0 radical (unpaired) electrons. The van der Waals surface area contributed by atoms with E-state index in [1.807, 2.05) is 30.2 Å². The van der Waals surface area contributed by atoms with Crippen LogP contribution in [0.25, 0.3) is 21.9 Å². The number of aromatic amines is 2. The van der Waals surface area contributed by atoms with Crippen LogP contribution in [0, 0.1) is 6.92 Å². The minimum atomic E-state index is 0.0230. The normalized spacial score (nSPS) is 17.4. The summed E-state index contributed by atoms with van der Waals surface area (Å²) in [7, 11) is 0. The summed E-state index contributed by atoms with van der Waals surface area (Å²) in [5.74, 6) is 0.0230. The number of hydrogen-bond donors (Lipinski definition) is 2. The van der Waals surface area contributed by atoms with Gasteiger partial charge in [0.2, 0.25) is 0 Å². The van der Waals surface area contributed by atoms with Gasteiger partial charge in [0.1, 0.15) is 0 Å². The summed E-state index contributed by atoms with van der Waals surface area (Å²) in [6, 6.07) is 8.21. The molecule has 2 N–H and O–H groups in total. The van der Waals surface area contributed by atoms with Crippen molar-refractivity contribution in [3.05, 3.63) is 53.5 Å². The Balaban J connectivity index is 1.50. The maximum Gasteiger partial charge on any atom is 0.255 e. The summed E-state index contributed by atoms with van der Waals surface area (Å²) in [5, 5.41) is 16.1. The lowest BCUT2D eigenvalue weighted by molar-refractivity contribution is 0.0735. The fourth-order valence-corrected chi connectivity index (χ4v) is 3.83. The molecule has 4 heterocycles. The number of carbonyl (C=O) groups excluding carboxylic acids is 1. The highest BCUT2D eigenvalue weighted by Crippen LogP contribution is 2.34. The number of nitrogens with zero attached hydrogens (tertiary/aromatic N) is 4. The maximum absolute atomic E-state index is 13.2. The molecule has 4 aromatic rings. The van der Waals surface area contributed by atoms with E-state index in [0.29, 0.717) is 11.2 Å². The molecule has 0 aliphatic carbocycles. The molecule has 1 aromatic carbocycles. The highest BCUT2D eigenvalue weighted by molar-refractivity contribution is 5.97. The van der Waals surface area contributed by atoms with Gasteiger partial charge >= 0.3 is 0 Å². The first-order valence-electron chi connectivity index (χ1n) is 8.75. The van der Waals surface area contributed by atoms with Gasteiger partial charge in [-0.2, -0.15) is 10.2 Å². The summed E-state index contributed by atoms with van der Waals surface area (Å²) >= 11 is 0. The number of amides is 1. The van der Waals surface area contributed by atoms with Crippen molar-refractivity contribution in [2.75, 3.05) is 6.54 Å². The topological polar surface area (TPSA) is 90.6 Å². The largest absolute Gasteiger partial charge is 0.332 e. The molecular formula is C19H18N6O. The fraction of sp³-hybridized carbons (Fsp3) is 0.263. The number of pyridine rings is 1. The molecule has 1 saturated heterocycles. The van der Waals surface area contributed by atoms with Crippen LogP contribution < -0.4 is 0 Å². The third kappa shape index (κ3) is 2.28. The van der Waals surface area contributed by atoms with Crippen LogP contribution in [0.5, 0.6) is 0 Å². The van der Waals surface area contributed by atoms with Gasteiger partial charge in [0, 0.05) is 29.2 Å². The number of carbonyl (C=O) groups is 1. The van der Waals surface area contributed by atoms with Crippen LogP contribution in [0.1, 0.15) is 40.5 Å². The van der Waals surface area contributed by atoms with Gasteiger partial charge in [-0.25, -0.2) is 4.98 Å². The third-order valence-corrected chi connectivity index (χ3v) is 5.21. The summed E-state index contributed by atoms with van der Waals surface area (Å²) in [5.41, 5.74) is 4.33. The van der Waals surface area contributed by atoms with Crippen molar-refractivity contribution >= 4 is 27.8 Å². The Bertz CT molecular complexity index is 1130. The first-order valence-corrected chi connectivity index (χ1v) is 8.75. The Hall–Kier alpha value is -3.22. The Morgan fingerprint density at radius 2 is 2.15 bits per heavy atom. The van der Waals surface area contributed by atoms with Crippen molar-refractivity contribution in [2.24, 2.45) is 0 Å². The van der Waals surface area contributed by atoms with Gasteiger partial charge in [-0.3, -0.25) is 15.0 Å². The van der Waals surface area contributed by atoms with Crippen molar-refractivity contribution < 1.29 is 4.79 Å². The highest BCUT2D eigenvalue weighted by atomic mass is 16.2. The number of likely N-dealkylation sites (tertiary alicyclic amines) is 1. The summed E-state index contributed by atoms with van der Waals surface area (Å²) < 4.78 is 0. The van der Waals surface area contributed by atoms with Crippen LogP contribution in [0.2, 0.25) is 0 Å². The standard InChI is InChI=1S/C19H18N6O/c1-11-15-8-14(9-20-18(15)24-22-11)19(26)25-6-2-3-17(25)12-4-5-16-13(7-12)10-21-23-16/h4-5,7-10,17H,2-3,6H2,1H3,(H,21,23)(H,20,22,24). The number of aromatic nitrogens is 5. The van der Waals surface area contributed by atoms with Crippen molar-refractivity contribution in [3.8, 4) is 0 Å². The average Bonchev–Trinajstić information content (AvgIpc) is 3.40. The Morgan fingerprint density at radius 1 is 1.23 bits per heavy atom. The molecule has 0 spiro atoms. The van der Waals surface area contributed by atoms with E-state index in [2.05, 4.69) is 37.5 Å². The number of rotatable bonds is 2. The molecule has 7 heteroatoms. The van der Waals surface area contributed by atoms with E-state index in [9.17, 15) is 4.79 Å². The monoisotopic (exact) mass is 346 g/mol. The average molecular weight is 346 g/mol. The fourth-order valence-electron chi connectivity index (χ4n) is 3.83. The molecule has 5 rings (SSSR count). The Kier molecular flexibility index (Phi) is 3.28. The maximum atomic E-state index is 13.2. The number of fused-ring (bicyclic) bond motifs is 2. The second-order valence-corrected chi connectivity index (χ2v) is 6.82. The molecule has 1 amide bonds. The molecule has 1 unspecified atom stereocenters. The number of benzene rings is 1. The van der Waals surface area contributed by atoms with Crippen LogP contribution in [0.4, 0.5) is 0 Å². The van der Waals surface area contributed by atoms with E-state index < -0.39 is 0 Å². The molecule has 1 aliphatic rings. The van der Waals surface area contributed by atoms with Crippen molar-refractivity contribution in [1.82, 2.24) is 30.3 Å². The molecule has 3 aromatic heterocycles. The number of hydrogen-bond acceptors (Lipinski definition) is 4. The van der Waals surface area contributed by atoms with E-state index in [-0.39, 0.29) is 11.9 Å². The SMILES string of the molecule is Cc1[nH]nc2ncc(C(=O)N3CCCC3c3ccc4[nH]ncc4c3)cc12. The van der Waals surface area contributed by atoms with Gasteiger partial charge in [0.15, 0.2) is 5.65 Å². The zero-order valence-corrected chi connectivity index (χ0v) is 14.4. The summed E-state index contributed by atoms with van der Waals surface area (Å²) in [6.45, 7) is 2.69. The van der Waals surface area contributed by atoms with Crippen LogP contribution in [-0.2, 0) is 0 Å². The molecule has 130 valence electrons. The van der Waals surface area contributed by atoms with Crippen LogP contribution >= 0.6 is 0 Å². The highest BCUT2D eigenvalue weighted by Gasteiger charge is 2.31. The predicted octanol–water partition coefficient (Wildman–Crippen LogP) is 3.12. The lowest BCUT2D eigenvalue weighted by atomic mass is 10.0. The quantitative estimate of drug-likeness (QED) is 0.583. The first-order chi connectivity index (χ1) is 12.7. The zero-order valence-electron chi connectivity index (χ0n) is 14.4. The number of aryl methyl sites for hydroxylation is 1.